The zero-order valence-electron chi connectivity index (χ0n) is 85.0. The summed E-state index contributed by atoms with van der Waals surface area (Å²) in [6.07, 6.45) is 24.1. The molecule has 5 aliphatic rings. The summed E-state index contributed by atoms with van der Waals surface area (Å²) in [6.45, 7) is 20.1. The van der Waals surface area contributed by atoms with Crippen LogP contribution in [0.4, 0.5) is 0 Å². The van der Waals surface area contributed by atoms with E-state index in [0.717, 1.165) is 19.3 Å². The average molecular weight is 1950 g/mol. The van der Waals surface area contributed by atoms with Gasteiger partial charge >= 0.3 is 0 Å². The third-order valence-electron chi connectivity index (χ3n) is 34.3. The summed E-state index contributed by atoms with van der Waals surface area (Å²) in [5, 5.41) is 41.3. The van der Waals surface area contributed by atoms with Crippen molar-refractivity contribution < 1.29 is 0 Å². The molecule has 0 radical (unpaired) electrons. The Kier molecular flexibility index (Phi) is 21.9. The molecule has 0 N–H and O–H groups in total. The van der Waals surface area contributed by atoms with E-state index in [1.807, 2.05) is 0 Å². The molecule has 24 aromatic carbocycles. The van der Waals surface area contributed by atoms with Gasteiger partial charge in [-0.15, -0.1) is 0 Å². The van der Waals surface area contributed by atoms with Gasteiger partial charge in [-0.2, -0.15) is 0 Å². The first-order valence-electron chi connectivity index (χ1n) is 52.8. The first-order chi connectivity index (χ1) is 72.5. The van der Waals surface area contributed by atoms with Gasteiger partial charge < -0.3 is 0 Å². The molecule has 704 valence electrons. The van der Waals surface area contributed by atoms with Crippen LogP contribution in [-0.4, -0.2) is 32.3 Å². The topological polar surface area (TPSA) is 0 Å². The van der Waals surface area contributed by atoms with Crippen molar-refractivity contribution in [2.75, 3.05) is 0 Å². The summed E-state index contributed by atoms with van der Waals surface area (Å²) in [5.74, 6) is 0.395. The van der Waals surface area contributed by atoms with Crippen molar-refractivity contribution >= 4 is 210 Å². The van der Waals surface area contributed by atoms with E-state index in [-0.39, 0.29) is 0 Å². The predicted octanol–water partition coefficient (Wildman–Crippen LogP) is 33.9. The molecule has 29 rings (SSSR count). The second kappa shape index (κ2) is 35.8. The second-order valence-electron chi connectivity index (χ2n) is 43.7. The van der Waals surface area contributed by atoms with Crippen molar-refractivity contribution in [2.45, 2.75) is 77.6 Å². The molecule has 0 bridgehead atoms. The van der Waals surface area contributed by atoms with Gasteiger partial charge in [-0.3, -0.25) is 0 Å². The van der Waals surface area contributed by atoms with Crippen LogP contribution in [0, 0.1) is 0 Å². The molecule has 1 unspecified atom stereocenters. The fourth-order valence-electron chi connectivity index (χ4n) is 26.4. The van der Waals surface area contributed by atoms with Crippen molar-refractivity contribution in [3.8, 4) is 66.8 Å². The van der Waals surface area contributed by atoms with Crippen molar-refractivity contribution in [1.82, 2.24) is 0 Å². The van der Waals surface area contributed by atoms with E-state index in [0.29, 0.717) is 5.92 Å². The summed E-state index contributed by atoms with van der Waals surface area (Å²) in [5.41, 5.74) is 28.7. The quantitative estimate of drug-likeness (QED) is 0.0578. The van der Waals surface area contributed by atoms with Crippen LogP contribution in [0.1, 0.15) is 45.7 Å². The van der Waals surface area contributed by atoms with Gasteiger partial charge in [0.2, 0.25) is 0 Å². The molecule has 0 saturated heterocycles. The van der Waals surface area contributed by atoms with Crippen LogP contribution in [0.2, 0.25) is 52.4 Å². The molecule has 0 aromatic heterocycles. The van der Waals surface area contributed by atoms with Crippen LogP contribution >= 0.6 is 0 Å². The maximum Gasteiger partial charge on any atom is 0.113 e. The van der Waals surface area contributed by atoms with E-state index in [9.17, 15) is 0 Å². The summed E-state index contributed by atoms with van der Waals surface area (Å²) < 4.78 is 0. The Morgan fingerprint density at radius 1 is 0.209 bits per heavy atom. The molecule has 148 heavy (non-hydrogen) atoms. The predicted molar refractivity (Wildman–Crippen MR) is 655 cm³/mol. The summed E-state index contributed by atoms with van der Waals surface area (Å²) in [4.78, 5) is 0. The molecule has 0 saturated carbocycles. The number of hydrogen-bond acceptors (Lipinski definition) is 0. The van der Waals surface area contributed by atoms with Crippen molar-refractivity contribution in [1.29, 1.82) is 0 Å². The minimum absolute atomic E-state index is 0.395. The van der Waals surface area contributed by atoms with Gasteiger partial charge in [0.05, 0.1) is 0 Å². The maximum absolute atomic E-state index is 2.54. The SMILES string of the molecule is C[Si](C)(c1ccc(-c2c3ccccc3c(-c3ccc([Si](C)(C)c4ccc5ccc6cccc7ccc4c5c67)cc3)c3ccccc23)cc1)c1ccc2c3c4c(ccc13)C=CCC4=CC2.C[Si](C)(c1ccc(-c2c3ccccc3c(-c3ccccc3)c3ccccc23)cc1)c1ccc2c3c1CC=C1C=CC=C(C=C2)C13.C[Si](C)(c1ccc(-c2c3ccccc3c(-c3ccccc3)c3ccccc23)cc1)c1ccc2ccccc2c1. The molecule has 5 aliphatic carbocycles. The molecule has 0 spiro atoms. The number of fused-ring (bicyclic) bond motifs is 7. The van der Waals surface area contributed by atoms with Gasteiger partial charge in [-0.25, -0.2) is 0 Å². The zero-order chi connectivity index (χ0) is 99.4. The molecule has 0 amide bonds. The molecule has 24 aromatic rings. The lowest BCUT2D eigenvalue weighted by molar-refractivity contribution is 0.896. The molecule has 1 atom stereocenters. The molecule has 0 nitrogen and oxygen atoms in total. The molecular formula is C144H112Si4. The van der Waals surface area contributed by atoms with Crippen LogP contribution in [-0.2, 0) is 12.8 Å². The summed E-state index contributed by atoms with van der Waals surface area (Å²) >= 11 is 0. The first kappa shape index (κ1) is 90.5. The largest absolute Gasteiger partial charge is 0.113 e. The fourth-order valence-corrected chi connectivity index (χ4v) is 37.0. The van der Waals surface area contributed by atoms with Gasteiger partial charge in [0, 0.05) is 5.92 Å². The highest BCUT2D eigenvalue weighted by atomic mass is 28.3. The van der Waals surface area contributed by atoms with Crippen molar-refractivity contribution in [2.24, 2.45) is 0 Å². The highest BCUT2D eigenvalue weighted by Gasteiger charge is 2.39. The lowest BCUT2D eigenvalue weighted by atomic mass is 9.71. The van der Waals surface area contributed by atoms with E-state index in [2.05, 4.69) is 544 Å². The minimum Gasteiger partial charge on any atom is -0.0795 e. The molecule has 4 heteroatoms. The monoisotopic (exact) mass is 1950 g/mol. The van der Waals surface area contributed by atoms with E-state index in [1.54, 1.807) is 16.3 Å². The maximum atomic E-state index is 2.54. The van der Waals surface area contributed by atoms with Gasteiger partial charge in [-0.05, 0) is 265 Å². The Hall–Kier alpha value is -16.3. The highest BCUT2D eigenvalue weighted by Crippen LogP contribution is 2.51. The number of rotatable bonds is 14. The third-order valence-corrected chi connectivity index (χ3v) is 48.5. The van der Waals surface area contributed by atoms with E-state index >= 15 is 0 Å². The lowest BCUT2D eigenvalue weighted by Crippen LogP contribution is -2.54. The van der Waals surface area contributed by atoms with Crippen LogP contribution < -0.4 is 41.5 Å². The average Bonchev–Trinajstić information content (AvgIpc) is 0.734. The normalized spacial score (nSPS) is 14.1. The Morgan fingerprint density at radius 2 is 0.561 bits per heavy atom. The highest BCUT2D eigenvalue weighted by molar-refractivity contribution is 7.03. The fraction of sp³-hybridized carbons (Fsp3) is 0.0833. The first-order valence-corrected chi connectivity index (χ1v) is 64.8. The van der Waals surface area contributed by atoms with E-state index < -0.39 is 32.3 Å². The Bertz CT molecular complexity index is 9620. The molecule has 0 aliphatic heterocycles. The van der Waals surface area contributed by atoms with Crippen LogP contribution in [0.5, 0.6) is 0 Å². The van der Waals surface area contributed by atoms with Gasteiger partial charge in [0.15, 0.2) is 0 Å². The van der Waals surface area contributed by atoms with Gasteiger partial charge in [-0.1, -0.05) is 575 Å². The van der Waals surface area contributed by atoms with Crippen LogP contribution in [0.25, 0.3) is 203 Å². The van der Waals surface area contributed by atoms with Crippen molar-refractivity contribution in [3.63, 3.8) is 0 Å². The van der Waals surface area contributed by atoms with Crippen LogP contribution in [0.3, 0.4) is 0 Å². The van der Waals surface area contributed by atoms with E-state index in [4.69, 9.17) is 0 Å². The Balaban J connectivity index is 0.000000114. The molecular weight excluding hydrogens is 1840 g/mol. The molecule has 0 heterocycles. The minimum atomic E-state index is -2.10. The third kappa shape index (κ3) is 14.8. The Labute approximate surface area is 871 Å². The number of benzene rings is 24. The summed E-state index contributed by atoms with van der Waals surface area (Å²) in [7, 11) is -8.02. The smallest absolute Gasteiger partial charge is 0.0795 e. The molecule has 0 fully saturated rings. The van der Waals surface area contributed by atoms with E-state index in [1.165, 1.54) is 261 Å². The summed E-state index contributed by atoms with van der Waals surface area (Å²) in [6, 6.07) is 165. The van der Waals surface area contributed by atoms with Crippen LogP contribution in [0.15, 0.2) is 490 Å². The van der Waals surface area contributed by atoms with Gasteiger partial charge in [0.1, 0.15) is 32.3 Å². The standard InChI is InChI=1S/C62H48Si2.C44H34Si.C38H30Si/c1-63(2,55-37-29-45-21-19-39-11-9-13-41-27-35-53(55)61(45)57(39)41)47-31-23-43(24-32-47)59-49-15-5-7-17-51(49)60(52-18-8-6-16-50(52)59)44-25-33-48(34-26-44)64(3,4)56-38-30-46-22-20-40-12-10-14-42-28-36-54(56)62(46)58(40)42;1-45(2,40-28-24-33-20-19-30-13-10-14-31-23-27-39(40)44(33)41(30)31)34-25-21-32(22-26-34)43-37-17-8-6-15-35(37)42(29-11-4-3-5-12-29)36-16-7-9-18-38(36)43;1-39(2,32-25-20-27-12-6-7-15-30(27)26-32)31-23-21-29(22-24-31)38-35-18-10-8-16-33(35)37(28-13-4-3-5-14-28)34-17-9-11-19-36(34)38/h5-11,13-21,23-38H,12,22H2,1-4H3;3-26,28,41H,27H2,1-2H3;3-26H,1-2H3. The lowest BCUT2D eigenvalue weighted by Gasteiger charge is -2.37. The number of hydrogen-bond donors (Lipinski definition) is 0. The number of allylic oxidation sites excluding steroid dienone is 10. The van der Waals surface area contributed by atoms with Gasteiger partial charge in [0.25, 0.3) is 0 Å². The Morgan fingerprint density at radius 3 is 1.03 bits per heavy atom. The zero-order valence-corrected chi connectivity index (χ0v) is 89.0. The van der Waals surface area contributed by atoms with Crippen molar-refractivity contribution in [3.05, 3.63) is 524 Å². The second-order valence-corrected chi connectivity index (χ2v) is 61.2.